The van der Waals surface area contributed by atoms with E-state index in [0.29, 0.717) is 63.0 Å². The zero-order chi connectivity index (χ0) is 32.0. The van der Waals surface area contributed by atoms with Gasteiger partial charge >= 0.3 is 6.03 Å². The predicted molar refractivity (Wildman–Crippen MR) is 175 cm³/mol. The smallest absolute Gasteiger partial charge is 0.331 e. The van der Waals surface area contributed by atoms with Crippen LogP contribution < -0.4 is 26.0 Å². The summed E-state index contributed by atoms with van der Waals surface area (Å²) in [5, 5.41) is 16.3. The number of aromatic nitrogens is 1. The molecule has 12 heteroatoms. The number of hydrogen-bond donors (Lipinski definition) is 3. The van der Waals surface area contributed by atoms with Crippen LogP contribution in [0.3, 0.4) is 0 Å². The van der Waals surface area contributed by atoms with Crippen LogP contribution in [-0.2, 0) is 4.79 Å². The van der Waals surface area contributed by atoms with Crippen LogP contribution >= 0.6 is 11.3 Å². The molecule has 46 heavy (non-hydrogen) atoms. The largest absolute Gasteiger partial charge is 0.457 e. The Hall–Kier alpha value is -5.25. The number of para-hydroxylation sites is 1. The molecular weight excluding hydrogens is 602 g/mol. The normalized spacial score (nSPS) is 18.5. The lowest BCUT2D eigenvalue weighted by Crippen LogP contribution is -2.50. The number of urea groups is 1. The lowest BCUT2D eigenvalue weighted by molar-refractivity contribution is -0.128. The van der Waals surface area contributed by atoms with Crippen LogP contribution in [0.4, 0.5) is 21.9 Å². The zero-order valence-corrected chi connectivity index (χ0v) is 25.9. The standard InChI is InChI=1S/C34H31N7O4S/c1-20-16-24(45-23-7-3-2-4-8-23)9-10-25(20)41-26-11-14-37-31-27(26)28(39-33(41)44)29(46-31)30(42)38-22-6-5-15-40(19-22)32(43)21(18-35)17-34(36)12-13-34/h2-4,7-11,14,16-17,22H,5-6,12-13,15,19,36H2,1H3,(H,38,42)(H,39,44)/b21-17+. The number of anilines is 3. The molecule has 0 bridgehead atoms. The Morgan fingerprint density at radius 3 is 2.72 bits per heavy atom. The number of piperidine rings is 1. The molecule has 1 atom stereocenters. The van der Waals surface area contributed by atoms with Crippen LogP contribution in [0.2, 0.25) is 0 Å². The Morgan fingerprint density at radius 2 is 1.98 bits per heavy atom. The second-order valence-corrected chi connectivity index (χ2v) is 12.9. The lowest BCUT2D eigenvalue weighted by Gasteiger charge is -2.33. The first kappa shape index (κ1) is 29.5. The van der Waals surface area contributed by atoms with Crippen LogP contribution in [0.5, 0.6) is 11.5 Å². The van der Waals surface area contributed by atoms with Gasteiger partial charge in [0.05, 0.1) is 22.4 Å². The number of thiophene rings is 1. The Bertz CT molecular complexity index is 1960. The van der Waals surface area contributed by atoms with E-state index in [1.54, 1.807) is 28.1 Å². The van der Waals surface area contributed by atoms with Crippen molar-refractivity contribution in [1.82, 2.24) is 15.2 Å². The van der Waals surface area contributed by atoms with E-state index < -0.39 is 11.6 Å². The van der Waals surface area contributed by atoms with E-state index in [4.69, 9.17) is 10.5 Å². The molecule has 7 rings (SSSR count). The molecule has 1 aliphatic carbocycles. The fraction of sp³-hybridized carbons (Fsp3) is 0.265. The fourth-order valence-electron chi connectivity index (χ4n) is 5.97. The molecule has 232 valence electrons. The van der Waals surface area contributed by atoms with Crippen LogP contribution in [-0.4, -0.2) is 52.4 Å². The number of ether oxygens (including phenoxy) is 1. The molecule has 2 aliphatic heterocycles. The molecular formula is C34H31N7O4S. The summed E-state index contributed by atoms with van der Waals surface area (Å²) in [6.45, 7) is 2.68. The number of carbonyl (C=O) groups is 3. The average Bonchev–Trinajstić information content (AvgIpc) is 3.67. The predicted octanol–water partition coefficient (Wildman–Crippen LogP) is 5.74. The first-order valence-electron chi connectivity index (χ1n) is 15.1. The Labute approximate surface area is 269 Å². The van der Waals surface area contributed by atoms with Crippen LogP contribution in [0.15, 0.2) is 72.4 Å². The third-order valence-corrected chi connectivity index (χ3v) is 9.59. The minimum Gasteiger partial charge on any atom is -0.457 e. The molecule has 2 aromatic carbocycles. The first-order chi connectivity index (χ1) is 22.2. The van der Waals surface area contributed by atoms with E-state index in [9.17, 15) is 19.6 Å². The summed E-state index contributed by atoms with van der Waals surface area (Å²) < 4.78 is 5.98. The van der Waals surface area contributed by atoms with E-state index >= 15 is 0 Å². The molecule has 1 saturated heterocycles. The van der Waals surface area contributed by atoms with Gasteiger partial charge in [-0.05, 0) is 80.6 Å². The van der Waals surface area contributed by atoms with Crippen molar-refractivity contribution >= 4 is 56.5 Å². The molecule has 2 aromatic heterocycles. The summed E-state index contributed by atoms with van der Waals surface area (Å²) in [5.74, 6) is 0.634. The molecule has 4 amide bonds. The molecule has 0 radical (unpaired) electrons. The molecule has 4 aromatic rings. The molecule has 4 heterocycles. The van der Waals surface area contributed by atoms with Crippen molar-refractivity contribution in [3.05, 3.63) is 82.9 Å². The quantitative estimate of drug-likeness (QED) is 0.173. The van der Waals surface area contributed by atoms with Gasteiger partial charge in [-0.25, -0.2) is 9.78 Å². The Kier molecular flexibility index (Phi) is 7.43. The summed E-state index contributed by atoms with van der Waals surface area (Å²) in [5.41, 5.74) is 8.13. The number of nitrogens with zero attached hydrogens (tertiary/aromatic N) is 4. The summed E-state index contributed by atoms with van der Waals surface area (Å²) in [6, 6.07) is 18.1. The van der Waals surface area contributed by atoms with Crippen molar-refractivity contribution in [2.45, 2.75) is 44.2 Å². The lowest BCUT2D eigenvalue weighted by atomic mass is 10.0. The first-order valence-corrected chi connectivity index (χ1v) is 15.9. The van der Waals surface area contributed by atoms with Crippen LogP contribution in [0.1, 0.15) is 40.9 Å². The number of carbonyl (C=O) groups excluding carboxylic acids is 3. The monoisotopic (exact) mass is 633 g/mol. The van der Waals surface area contributed by atoms with Gasteiger partial charge in [0.25, 0.3) is 11.8 Å². The minimum absolute atomic E-state index is 0.0420. The number of nitrogens with two attached hydrogens (primary N) is 1. The molecule has 1 unspecified atom stereocenters. The summed E-state index contributed by atoms with van der Waals surface area (Å²) >= 11 is 1.20. The number of amides is 4. The molecule has 0 spiro atoms. The number of nitriles is 1. The molecule has 1 saturated carbocycles. The van der Waals surface area contributed by atoms with Gasteiger partial charge in [-0.15, -0.1) is 11.3 Å². The maximum atomic E-state index is 13.7. The SMILES string of the molecule is Cc1cc(Oc2ccccc2)ccc1N1C(=O)Nc2c(C(=O)NC3CCCN(C(=O)/C(C#N)=C/C4(N)CC4)C3)sc3nccc1c23. The Balaban J connectivity index is 1.12. The second-order valence-electron chi connectivity index (χ2n) is 11.9. The molecule has 2 fully saturated rings. The molecule has 3 aliphatic rings. The number of rotatable bonds is 7. The van der Waals surface area contributed by atoms with E-state index in [0.717, 1.165) is 18.4 Å². The van der Waals surface area contributed by atoms with Crippen molar-refractivity contribution in [2.75, 3.05) is 23.3 Å². The highest BCUT2D eigenvalue weighted by atomic mass is 32.1. The van der Waals surface area contributed by atoms with Crippen molar-refractivity contribution in [3.63, 3.8) is 0 Å². The van der Waals surface area contributed by atoms with E-state index in [1.165, 1.54) is 11.3 Å². The number of hydrogen-bond acceptors (Lipinski definition) is 8. The van der Waals surface area contributed by atoms with E-state index in [-0.39, 0.29) is 30.0 Å². The maximum absolute atomic E-state index is 13.7. The third-order valence-electron chi connectivity index (χ3n) is 8.49. The van der Waals surface area contributed by atoms with E-state index in [1.807, 2.05) is 61.5 Å². The molecule has 4 N–H and O–H groups in total. The topological polar surface area (TPSA) is 154 Å². The van der Waals surface area contributed by atoms with Crippen LogP contribution in [0, 0.1) is 18.3 Å². The number of aryl methyl sites for hydroxylation is 1. The van der Waals surface area contributed by atoms with Gasteiger partial charge in [0.2, 0.25) is 0 Å². The number of benzene rings is 2. The number of pyridine rings is 1. The highest BCUT2D eigenvalue weighted by Crippen LogP contribution is 2.46. The minimum atomic E-state index is -0.571. The Morgan fingerprint density at radius 1 is 1.17 bits per heavy atom. The van der Waals surface area contributed by atoms with Gasteiger partial charge in [-0.2, -0.15) is 5.26 Å². The molecule has 11 nitrogen and oxygen atoms in total. The average molecular weight is 634 g/mol. The zero-order valence-electron chi connectivity index (χ0n) is 25.1. The summed E-state index contributed by atoms with van der Waals surface area (Å²) in [7, 11) is 0. The summed E-state index contributed by atoms with van der Waals surface area (Å²) in [6.07, 6.45) is 6.06. The van der Waals surface area contributed by atoms with Gasteiger partial charge in [0.1, 0.15) is 32.8 Å². The highest BCUT2D eigenvalue weighted by Gasteiger charge is 2.38. The van der Waals surface area contributed by atoms with Gasteiger partial charge < -0.3 is 26.0 Å². The van der Waals surface area contributed by atoms with Gasteiger partial charge in [-0.1, -0.05) is 18.2 Å². The summed E-state index contributed by atoms with van der Waals surface area (Å²) in [4.78, 5) is 49.1. The van der Waals surface area contributed by atoms with Gasteiger partial charge in [-0.3, -0.25) is 14.5 Å². The van der Waals surface area contributed by atoms with Crippen molar-refractivity contribution in [3.8, 4) is 17.6 Å². The fourth-order valence-corrected chi connectivity index (χ4v) is 6.99. The van der Waals surface area contributed by atoms with Crippen molar-refractivity contribution < 1.29 is 19.1 Å². The van der Waals surface area contributed by atoms with Gasteiger partial charge in [0.15, 0.2) is 0 Å². The third kappa shape index (κ3) is 5.55. The van der Waals surface area contributed by atoms with Crippen LogP contribution in [0.25, 0.3) is 10.2 Å². The van der Waals surface area contributed by atoms with Crippen molar-refractivity contribution in [1.29, 1.82) is 5.26 Å². The highest BCUT2D eigenvalue weighted by molar-refractivity contribution is 7.21. The second kappa shape index (κ2) is 11.6. The number of nitrogens with one attached hydrogen (secondary N) is 2. The van der Waals surface area contributed by atoms with E-state index in [2.05, 4.69) is 15.6 Å². The maximum Gasteiger partial charge on any atom is 0.331 e. The van der Waals surface area contributed by atoms with Crippen molar-refractivity contribution in [2.24, 2.45) is 5.73 Å². The number of likely N-dealkylation sites (tertiary alicyclic amines) is 1. The van der Waals surface area contributed by atoms with Gasteiger partial charge in [0, 0.05) is 30.9 Å².